The first kappa shape index (κ1) is 12.7. The van der Waals surface area contributed by atoms with E-state index in [9.17, 15) is 0 Å². The largest absolute Gasteiger partial charge is 0.446 e. The molecule has 0 saturated carbocycles. The fourth-order valence-corrected chi connectivity index (χ4v) is 2.53. The Morgan fingerprint density at radius 3 is 3.05 bits per heavy atom. The second kappa shape index (κ2) is 4.97. The van der Waals surface area contributed by atoms with Gasteiger partial charge in [-0.05, 0) is 40.4 Å². The number of halogens is 1. The van der Waals surface area contributed by atoms with Gasteiger partial charge in [-0.2, -0.15) is 4.98 Å². The van der Waals surface area contributed by atoms with E-state index in [0.717, 1.165) is 19.5 Å². The van der Waals surface area contributed by atoms with Gasteiger partial charge in [0.2, 0.25) is 5.95 Å². The molecule has 6 nitrogen and oxygen atoms in total. The van der Waals surface area contributed by atoms with Crippen LogP contribution >= 0.6 is 15.9 Å². The number of hydrogen-bond acceptors (Lipinski definition) is 5. The van der Waals surface area contributed by atoms with Gasteiger partial charge in [0.15, 0.2) is 16.3 Å². The molecule has 3 rings (SSSR count). The Hall–Kier alpha value is -1.34. The smallest absolute Gasteiger partial charge is 0.245 e. The minimum atomic E-state index is 0.174. The maximum absolute atomic E-state index is 6.10. The van der Waals surface area contributed by atoms with E-state index in [2.05, 4.69) is 42.9 Å². The number of nitrogens with two attached hydrogens (primary N) is 1. The molecule has 0 spiro atoms. The third-order valence-corrected chi connectivity index (χ3v) is 4.01. The number of aromatic nitrogens is 3. The molecule has 0 radical (unpaired) electrons. The summed E-state index contributed by atoms with van der Waals surface area (Å²) in [5.41, 5.74) is 6.10. The Labute approximate surface area is 119 Å². The van der Waals surface area contributed by atoms with Crippen molar-refractivity contribution in [3.8, 4) is 11.6 Å². The molecular weight excluding hydrogens is 310 g/mol. The third kappa shape index (κ3) is 2.52. The van der Waals surface area contributed by atoms with Gasteiger partial charge in [0.05, 0.1) is 0 Å². The lowest BCUT2D eigenvalue weighted by molar-refractivity contribution is 0.376. The van der Waals surface area contributed by atoms with Gasteiger partial charge in [0.25, 0.3) is 0 Å². The molecule has 0 bridgehead atoms. The summed E-state index contributed by atoms with van der Waals surface area (Å²) < 4.78 is 6.12. The number of nitrogens with one attached hydrogen (secondary N) is 1. The topological polar surface area (TPSA) is 84.0 Å². The predicted octanol–water partition coefficient (Wildman–Crippen LogP) is 2.00. The zero-order valence-electron chi connectivity index (χ0n) is 10.6. The van der Waals surface area contributed by atoms with Gasteiger partial charge in [-0.1, -0.05) is 6.92 Å². The summed E-state index contributed by atoms with van der Waals surface area (Å²) in [6.07, 6.45) is 1.07. The highest BCUT2D eigenvalue weighted by Gasteiger charge is 2.25. The van der Waals surface area contributed by atoms with Crippen LogP contribution in [0, 0.1) is 5.92 Å². The Bertz CT molecular complexity index is 566. The summed E-state index contributed by atoms with van der Waals surface area (Å²) in [4.78, 5) is 6.58. The highest BCUT2D eigenvalue weighted by Crippen LogP contribution is 2.25. The van der Waals surface area contributed by atoms with Crippen molar-refractivity contribution in [1.82, 2.24) is 15.2 Å². The van der Waals surface area contributed by atoms with Crippen LogP contribution in [-0.4, -0.2) is 34.3 Å². The number of anilines is 1. The van der Waals surface area contributed by atoms with E-state index < -0.39 is 0 Å². The first-order valence-electron chi connectivity index (χ1n) is 6.32. The van der Waals surface area contributed by atoms with E-state index in [1.807, 2.05) is 12.1 Å². The minimum Gasteiger partial charge on any atom is -0.446 e. The molecule has 1 aliphatic rings. The molecule has 1 aliphatic heterocycles. The zero-order chi connectivity index (χ0) is 13.4. The first-order chi connectivity index (χ1) is 9.13. The van der Waals surface area contributed by atoms with E-state index in [1.165, 1.54) is 0 Å². The van der Waals surface area contributed by atoms with Crippen molar-refractivity contribution in [1.29, 1.82) is 0 Å². The van der Waals surface area contributed by atoms with E-state index in [-0.39, 0.29) is 6.04 Å². The highest BCUT2D eigenvalue weighted by molar-refractivity contribution is 9.10. The van der Waals surface area contributed by atoms with Gasteiger partial charge in [-0.15, -0.1) is 5.10 Å². The van der Waals surface area contributed by atoms with Crippen molar-refractivity contribution in [2.75, 3.05) is 18.0 Å². The number of furan rings is 1. The number of H-pyrrole nitrogens is 1. The lowest BCUT2D eigenvalue weighted by Gasteiger charge is -2.34. The molecule has 2 atom stereocenters. The van der Waals surface area contributed by atoms with Gasteiger partial charge in [-0.25, -0.2) is 0 Å². The summed E-state index contributed by atoms with van der Waals surface area (Å²) in [6.45, 7) is 3.92. The molecule has 0 amide bonds. The second-order valence-corrected chi connectivity index (χ2v) is 5.75. The van der Waals surface area contributed by atoms with Crippen LogP contribution in [0.4, 0.5) is 5.95 Å². The fourth-order valence-electron chi connectivity index (χ4n) is 2.23. The molecule has 1 fully saturated rings. The third-order valence-electron chi connectivity index (χ3n) is 3.58. The molecule has 3 N–H and O–H groups in total. The van der Waals surface area contributed by atoms with E-state index in [0.29, 0.717) is 28.1 Å². The lowest BCUT2D eigenvalue weighted by atomic mass is 9.95. The van der Waals surface area contributed by atoms with Gasteiger partial charge < -0.3 is 15.1 Å². The molecule has 19 heavy (non-hydrogen) atoms. The van der Waals surface area contributed by atoms with Crippen LogP contribution in [0.2, 0.25) is 0 Å². The van der Waals surface area contributed by atoms with E-state index in [1.54, 1.807) is 0 Å². The number of nitrogens with zero attached hydrogens (tertiary/aromatic N) is 3. The molecule has 7 heteroatoms. The van der Waals surface area contributed by atoms with Gasteiger partial charge >= 0.3 is 0 Å². The average Bonchev–Trinajstić information content (AvgIpc) is 3.01. The monoisotopic (exact) mass is 325 g/mol. The van der Waals surface area contributed by atoms with Crippen molar-refractivity contribution in [3.63, 3.8) is 0 Å². The Morgan fingerprint density at radius 1 is 1.53 bits per heavy atom. The van der Waals surface area contributed by atoms with Crippen LogP contribution in [0.5, 0.6) is 0 Å². The maximum Gasteiger partial charge on any atom is 0.245 e. The number of piperidine rings is 1. The first-order valence-corrected chi connectivity index (χ1v) is 7.11. The summed E-state index contributed by atoms with van der Waals surface area (Å²) in [6, 6.07) is 3.85. The molecule has 2 unspecified atom stereocenters. The lowest BCUT2D eigenvalue weighted by Crippen LogP contribution is -2.48. The number of aromatic amines is 1. The van der Waals surface area contributed by atoms with E-state index >= 15 is 0 Å². The summed E-state index contributed by atoms with van der Waals surface area (Å²) in [5.74, 6) is 2.54. The van der Waals surface area contributed by atoms with Gasteiger partial charge in [0.1, 0.15) is 0 Å². The van der Waals surface area contributed by atoms with Crippen molar-refractivity contribution in [3.05, 3.63) is 16.8 Å². The quantitative estimate of drug-likeness (QED) is 0.882. The standard InChI is InChI=1S/C12H16BrN5O/c1-7-4-5-18(6-8(7)14)12-15-11(16-17-12)9-2-3-10(13)19-9/h2-3,7-8H,4-6,14H2,1H3,(H,15,16,17). The van der Waals surface area contributed by atoms with Gasteiger partial charge in [0, 0.05) is 19.1 Å². The van der Waals surface area contributed by atoms with Crippen molar-refractivity contribution in [2.24, 2.45) is 11.7 Å². The Kier molecular flexibility index (Phi) is 3.32. The second-order valence-electron chi connectivity index (χ2n) is 4.96. The molecule has 3 heterocycles. The molecular formula is C12H16BrN5O. The van der Waals surface area contributed by atoms with Crippen LogP contribution < -0.4 is 10.6 Å². The summed E-state index contributed by atoms with van der Waals surface area (Å²) >= 11 is 3.27. The molecule has 1 saturated heterocycles. The Balaban J connectivity index is 1.78. The number of rotatable bonds is 2. The minimum absolute atomic E-state index is 0.174. The van der Waals surface area contributed by atoms with Crippen molar-refractivity contribution in [2.45, 2.75) is 19.4 Å². The average molecular weight is 326 g/mol. The zero-order valence-corrected chi connectivity index (χ0v) is 12.2. The summed E-state index contributed by atoms with van der Waals surface area (Å²) in [7, 11) is 0. The highest BCUT2D eigenvalue weighted by atomic mass is 79.9. The number of hydrogen-bond donors (Lipinski definition) is 2. The van der Waals surface area contributed by atoms with Crippen molar-refractivity contribution < 1.29 is 4.42 Å². The Morgan fingerprint density at radius 2 is 2.37 bits per heavy atom. The fraction of sp³-hybridized carbons (Fsp3) is 0.500. The van der Waals surface area contributed by atoms with Crippen LogP contribution in [0.25, 0.3) is 11.6 Å². The van der Waals surface area contributed by atoms with Crippen molar-refractivity contribution >= 4 is 21.9 Å². The molecule has 102 valence electrons. The van der Waals surface area contributed by atoms with Crippen LogP contribution in [0.3, 0.4) is 0 Å². The molecule has 0 aliphatic carbocycles. The maximum atomic E-state index is 6.10. The van der Waals surface area contributed by atoms with Crippen LogP contribution in [-0.2, 0) is 0 Å². The van der Waals surface area contributed by atoms with Gasteiger partial charge in [-0.3, -0.25) is 5.10 Å². The molecule has 2 aromatic heterocycles. The van der Waals surface area contributed by atoms with Crippen LogP contribution in [0.1, 0.15) is 13.3 Å². The van der Waals surface area contributed by atoms with Crippen LogP contribution in [0.15, 0.2) is 21.2 Å². The predicted molar refractivity (Wildman–Crippen MR) is 75.8 cm³/mol. The molecule has 0 aromatic carbocycles. The SMILES string of the molecule is CC1CCN(c2n[nH]c(-c3ccc(Br)o3)n2)CC1N. The molecule has 2 aromatic rings. The summed E-state index contributed by atoms with van der Waals surface area (Å²) in [5, 5.41) is 7.14. The normalized spacial score (nSPS) is 23.8. The van der Waals surface area contributed by atoms with E-state index in [4.69, 9.17) is 10.2 Å².